The lowest BCUT2D eigenvalue weighted by Crippen LogP contribution is -2.41. The van der Waals surface area contributed by atoms with E-state index in [0.29, 0.717) is 0 Å². The van der Waals surface area contributed by atoms with Gasteiger partial charge in [0, 0.05) is 0 Å². The quantitative estimate of drug-likeness (QED) is 0.898. The van der Waals surface area contributed by atoms with Crippen LogP contribution >= 0.6 is 0 Å². The van der Waals surface area contributed by atoms with Gasteiger partial charge >= 0.3 is 0 Å². The van der Waals surface area contributed by atoms with E-state index in [9.17, 15) is 4.79 Å². The summed E-state index contributed by atoms with van der Waals surface area (Å²) in [7, 11) is 0. The van der Waals surface area contributed by atoms with Crippen molar-refractivity contribution in [2.24, 2.45) is 0 Å². The number of amides is 1. The summed E-state index contributed by atoms with van der Waals surface area (Å²) < 4.78 is 0. The highest BCUT2D eigenvalue weighted by molar-refractivity contribution is 5.84. The van der Waals surface area contributed by atoms with E-state index >= 15 is 0 Å². The van der Waals surface area contributed by atoms with Crippen LogP contribution < -0.4 is 10.6 Å². The zero-order chi connectivity index (χ0) is 13.9. The monoisotopic (exact) mass is 268 g/mol. The summed E-state index contributed by atoms with van der Waals surface area (Å²) in [5.41, 5.74) is 1.15. The van der Waals surface area contributed by atoms with Crippen molar-refractivity contribution in [1.82, 2.24) is 10.6 Å². The Balaban J connectivity index is 1.74. The van der Waals surface area contributed by atoms with Crippen LogP contribution in [-0.2, 0) is 4.79 Å². The third-order valence-corrected chi connectivity index (χ3v) is 4.01. The van der Waals surface area contributed by atoms with Crippen LogP contribution in [0.3, 0.4) is 0 Å². The van der Waals surface area contributed by atoms with E-state index in [1.54, 1.807) is 0 Å². The fourth-order valence-electron chi connectivity index (χ4n) is 2.78. The molecule has 0 radical (unpaired) electrons. The van der Waals surface area contributed by atoms with Gasteiger partial charge in [0.25, 0.3) is 0 Å². The van der Waals surface area contributed by atoms with Gasteiger partial charge in [0.1, 0.15) is 0 Å². The van der Waals surface area contributed by atoms with Crippen LogP contribution in [0, 0.1) is 0 Å². The van der Waals surface area contributed by atoms with E-state index in [2.05, 4.69) is 41.0 Å². The number of carbonyl (C=O) groups is 1. The maximum absolute atomic E-state index is 12.1. The Morgan fingerprint density at radius 2 is 2.05 bits per heavy atom. The van der Waals surface area contributed by atoms with E-state index in [-0.39, 0.29) is 18.0 Å². The van der Waals surface area contributed by atoms with Gasteiger partial charge in [-0.15, -0.1) is 0 Å². The summed E-state index contributed by atoms with van der Waals surface area (Å²) in [6.07, 6.45) is 2.03. The average Bonchev–Trinajstić information content (AvgIpc) is 3.01. The molecule has 1 amide bonds. The van der Waals surface area contributed by atoms with Crippen molar-refractivity contribution in [3.63, 3.8) is 0 Å². The molecule has 2 atom stereocenters. The lowest BCUT2D eigenvalue weighted by atomic mass is 10.0. The number of fused-ring (bicyclic) bond motifs is 1. The molecule has 3 nitrogen and oxygen atoms in total. The van der Waals surface area contributed by atoms with Gasteiger partial charge < -0.3 is 10.6 Å². The Kier molecular flexibility index (Phi) is 3.70. The molecule has 2 N–H and O–H groups in total. The Labute approximate surface area is 119 Å². The number of carbonyl (C=O) groups excluding carboxylic acids is 1. The molecule has 20 heavy (non-hydrogen) atoms. The van der Waals surface area contributed by atoms with Crippen molar-refractivity contribution < 1.29 is 4.79 Å². The summed E-state index contributed by atoms with van der Waals surface area (Å²) in [4.78, 5) is 12.1. The van der Waals surface area contributed by atoms with Crippen molar-refractivity contribution in [2.45, 2.75) is 31.8 Å². The highest BCUT2D eigenvalue weighted by Gasteiger charge is 2.23. The molecule has 3 rings (SSSR count). The molecule has 2 unspecified atom stereocenters. The molecule has 2 aromatic rings. The summed E-state index contributed by atoms with van der Waals surface area (Å²) in [5, 5.41) is 8.77. The first-order chi connectivity index (χ1) is 9.74. The first-order valence-electron chi connectivity index (χ1n) is 7.26. The van der Waals surface area contributed by atoms with Gasteiger partial charge in [0.15, 0.2) is 0 Å². The molecule has 1 aliphatic rings. The Morgan fingerprint density at radius 1 is 1.25 bits per heavy atom. The van der Waals surface area contributed by atoms with Crippen molar-refractivity contribution in [2.75, 3.05) is 6.54 Å². The first kappa shape index (κ1) is 13.1. The van der Waals surface area contributed by atoms with E-state index in [4.69, 9.17) is 0 Å². The summed E-state index contributed by atoms with van der Waals surface area (Å²) >= 11 is 0. The number of hydrogen-bond acceptors (Lipinski definition) is 2. The summed E-state index contributed by atoms with van der Waals surface area (Å²) in [5.74, 6) is 0.114. The smallest absolute Gasteiger partial charge is 0.237 e. The van der Waals surface area contributed by atoms with E-state index in [1.165, 1.54) is 10.8 Å². The van der Waals surface area contributed by atoms with Gasteiger partial charge in [-0.05, 0) is 48.7 Å². The molecule has 2 aromatic carbocycles. The van der Waals surface area contributed by atoms with Crippen molar-refractivity contribution in [3.05, 3.63) is 48.0 Å². The molecule has 104 valence electrons. The van der Waals surface area contributed by atoms with Crippen LogP contribution in [0.2, 0.25) is 0 Å². The minimum Gasteiger partial charge on any atom is -0.348 e. The van der Waals surface area contributed by atoms with Crippen LogP contribution in [0.25, 0.3) is 10.8 Å². The van der Waals surface area contributed by atoms with E-state index in [0.717, 1.165) is 24.9 Å². The molecular weight excluding hydrogens is 248 g/mol. The highest BCUT2D eigenvalue weighted by atomic mass is 16.2. The van der Waals surface area contributed by atoms with Crippen LogP contribution in [0.15, 0.2) is 42.5 Å². The van der Waals surface area contributed by atoms with E-state index < -0.39 is 0 Å². The van der Waals surface area contributed by atoms with E-state index in [1.807, 2.05) is 19.1 Å². The third-order valence-electron chi connectivity index (χ3n) is 4.01. The highest BCUT2D eigenvalue weighted by Crippen LogP contribution is 2.20. The molecule has 0 bridgehead atoms. The van der Waals surface area contributed by atoms with Crippen molar-refractivity contribution in [3.8, 4) is 0 Å². The minimum atomic E-state index is -0.0158. The molecule has 0 aliphatic carbocycles. The first-order valence-corrected chi connectivity index (χ1v) is 7.26. The number of rotatable bonds is 3. The van der Waals surface area contributed by atoms with Gasteiger partial charge in [0.2, 0.25) is 5.91 Å². The number of hydrogen-bond donors (Lipinski definition) is 2. The Morgan fingerprint density at radius 3 is 2.80 bits per heavy atom. The lowest BCUT2D eigenvalue weighted by Gasteiger charge is -2.18. The molecule has 1 fully saturated rings. The molecule has 1 heterocycles. The van der Waals surface area contributed by atoms with Crippen LogP contribution in [0.4, 0.5) is 0 Å². The average molecular weight is 268 g/mol. The fraction of sp³-hybridized carbons (Fsp3) is 0.353. The summed E-state index contributed by atoms with van der Waals surface area (Å²) in [6.45, 7) is 2.99. The second kappa shape index (κ2) is 5.63. The standard InChI is InChI=1S/C17H20N2O/c1-12(19-17(20)16-7-4-10-18-16)14-9-8-13-5-2-3-6-15(13)11-14/h2-3,5-6,8-9,11-12,16,18H,4,7,10H2,1H3,(H,19,20). The maximum Gasteiger partial charge on any atom is 0.237 e. The predicted octanol–water partition coefficient (Wildman–Crippen LogP) is 2.77. The largest absolute Gasteiger partial charge is 0.348 e. The molecule has 0 spiro atoms. The Bertz CT molecular complexity index is 617. The molecule has 1 aliphatic heterocycles. The molecule has 3 heteroatoms. The van der Waals surface area contributed by atoms with Crippen LogP contribution in [-0.4, -0.2) is 18.5 Å². The second-order valence-corrected chi connectivity index (χ2v) is 5.49. The number of nitrogens with one attached hydrogen (secondary N) is 2. The maximum atomic E-state index is 12.1. The van der Waals surface area contributed by atoms with Crippen molar-refractivity contribution >= 4 is 16.7 Å². The third kappa shape index (κ3) is 2.68. The van der Waals surface area contributed by atoms with Crippen LogP contribution in [0.1, 0.15) is 31.4 Å². The van der Waals surface area contributed by atoms with Gasteiger partial charge in [-0.2, -0.15) is 0 Å². The zero-order valence-electron chi connectivity index (χ0n) is 11.7. The minimum absolute atomic E-state index is 0.0158. The Hall–Kier alpha value is -1.87. The summed E-state index contributed by atoms with van der Waals surface area (Å²) in [6, 6.07) is 14.7. The molecule has 0 saturated carbocycles. The number of benzene rings is 2. The molecule has 1 saturated heterocycles. The van der Waals surface area contributed by atoms with Gasteiger partial charge in [0.05, 0.1) is 12.1 Å². The lowest BCUT2D eigenvalue weighted by molar-refractivity contribution is -0.123. The van der Waals surface area contributed by atoms with Crippen molar-refractivity contribution in [1.29, 1.82) is 0 Å². The van der Waals surface area contributed by atoms with Crippen LogP contribution in [0.5, 0.6) is 0 Å². The second-order valence-electron chi connectivity index (χ2n) is 5.49. The predicted molar refractivity (Wildman–Crippen MR) is 81.5 cm³/mol. The molecular formula is C17H20N2O. The molecule has 0 aromatic heterocycles. The van der Waals surface area contributed by atoms with Gasteiger partial charge in [-0.1, -0.05) is 36.4 Å². The zero-order valence-corrected chi connectivity index (χ0v) is 11.7. The fourth-order valence-corrected chi connectivity index (χ4v) is 2.78. The van der Waals surface area contributed by atoms with Gasteiger partial charge in [-0.25, -0.2) is 0 Å². The SMILES string of the molecule is CC(NC(=O)C1CCCN1)c1ccc2ccccc2c1. The normalized spacial score (nSPS) is 19.9. The topological polar surface area (TPSA) is 41.1 Å². The van der Waals surface area contributed by atoms with Gasteiger partial charge in [-0.3, -0.25) is 4.79 Å².